The van der Waals surface area contributed by atoms with Crippen LogP contribution in [-0.4, -0.2) is 13.6 Å². The minimum Gasteiger partial charge on any atom is -0.319 e. The maximum atomic E-state index is 13.2. The van der Waals surface area contributed by atoms with Crippen molar-refractivity contribution in [2.45, 2.75) is 32.1 Å². The van der Waals surface area contributed by atoms with Gasteiger partial charge in [-0.15, -0.1) is 0 Å². The molecule has 0 heterocycles. The molecular formula is C15H22FN. The van der Waals surface area contributed by atoms with Crippen LogP contribution in [0.1, 0.15) is 31.2 Å². The molecule has 0 bridgehead atoms. The fourth-order valence-corrected chi connectivity index (χ4v) is 3.06. The Bertz CT molecular complexity index is 345. The van der Waals surface area contributed by atoms with Gasteiger partial charge in [-0.3, -0.25) is 0 Å². The lowest BCUT2D eigenvalue weighted by molar-refractivity contribution is 0.328. The van der Waals surface area contributed by atoms with Crippen molar-refractivity contribution in [2.75, 3.05) is 13.6 Å². The van der Waals surface area contributed by atoms with Gasteiger partial charge in [0.1, 0.15) is 5.82 Å². The second kappa shape index (κ2) is 6.15. The molecule has 0 radical (unpaired) electrons. The average Bonchev–Trinajstić information content (AvgIpc) is 2.82. The summed E-state index contributed by atoms with van der Waals surface area (Å²) in [5.74, 6) is 1.37. The summed E-state index contributed by atoms with van der Waals surface area (Å²) in [6.45, 7) is 1.04. The van der Waals surface area contributed by atoms with E-state index >= 15 is 0 Å². The number of hydrogen-bond donors (Lipinski definition) is 1. The molecule has 0 aromatic heterocycles. The van der Waals surface area contributed by atoms with Crippen LogP contribution in [0.25, 0.3) is 0 Å². The van der Waals surface area contributed by atoms with Gasteiger partial charge in [0.2, 0.25) is 0 Å². The van der Waals surface area contributed by atoms with Gasteiger partial charge in [-0.05, 0) is 49.5 Å². The van der Waals surface area contributed by atoms with Gasteiger partial charge in [0.05, 0.1) is 0 Å². The Hall–Kier alpha value is -0.890. The van der Waals surface area contributed by atoms with Crippen LogP contribution in [0.15, 0.2) is 24.3 Å². The summed E-state index contributed by atoms with van der Waals surface area (Å²) < 4.78 is 13.2. The minimum absolute atomic E-state index is 0.114. The molecule has 1 aromatic carbocycles. The quantitative estimate of drug-likeness (QED) is 0.825. The highest BCUT2D eigenvalue weighted by molar-refractivity contribution is 5.17. The van der Waals surface area contributed by atoms with Crippen molar-refractivity contribution in [3.05, 3.63) is 35.6 Å². The summed E-state index contributed by atoms with van der Waals surface area (Å²) in [5, 5.41) is 3.29. The zero-order valence-corrected chi connectivity index (χ0v) is 10.6. The topological polar surface area (TPSA) is 12.0 Å². The number of rotatable bonds is 5. The molecule has 1 unspecified atom stereocenters. The number of nitrogens with one attached hydrogen (secondary N) is 1. The van der Waals surface area contributed by atoms with Gasteiger partial charge in [0.25, 0.3) is 0 Å². The second-order valence-electron chi connectivity index (χ2n) is 5.20. The van der Waals surface area contributed by atoms with Crippen molar-refractivity contribution >= 4 is 0 Å². The Labute approximate surface area is 103 Å². The van der Waals surface area contributed by atoms with E-state index in [0.717, 1.165) is 24.4 Å². The Morgan fingerprint density at radius 1 is 1.35 bits per heavy atom. The molecule has 1 fully saturated rings. The van der Waals surface area contributed by atoms with Crippen LogP contribution in [0, 0.1) is 17.7 Å². The maximum absolute atomic E-state index is 13.2. The monoisotopic (exact) mass is 235 g/mol. The minimum atomic E-state index is -0.114. The second-order valence-corrected chi connectivity index (χ2v) is 5.20. The fraction of sp³-hybridized carbons (Fsp3) is 0.600. The van der Waals surface area contributed by atoms with Crippen LogP contribution >= 0.6 is 0 Å². The molecule has 1 aromatic rings. The normalized spacial score (nSPS) is 18.5. The zero-order chi connectivity index (χ0) is 12.1. The predicted octanol–water partition coefficient (Wildman–Crippen LogP) is 3.39. The first-order chi connectivity index (χ1) is 8.29. The standard InChI is InChI=1S/C15H22FN/c1-17-11-14(13-6-2-3-7-13)9-12-5-4-8-15(16)10-12/h4-5,8,10,13-14,17H,2-3,6-7,9,11H2,1H3. The zero-order valence-electron chi connectivity index (χ0n) is 10.6. The first-order valence-electron chi connectivity index (χ1n) is 6.68. The largest absolute Gasteiger partial charge is 0.319 e. The van der Waals surface area contributed by atoms with E-state index in [0.29, 0.717) is 5.92 Å². The Kier molecular flexibility index (Phi) is 4.55. The van der Waals surface area contributed by atoms with Gasteiger partial charge >= 0.3 is 0 Å². The molecule has 1 saturated carbocycles. The molecule has 0 aliphatic heterocycles. The predicted molar refractivity (Wildman–Crippen MR) is 69.5 cm³/mol. The molecule has 1 aliphatic rings. The van der Waals surface area contributed by atoms with Crippen molar-refractivity contribution in [3.8, 4) is 0 Å². The van der Waals surface area contributed by atoms with Crippen LogP contribution < -0.4 is 5.32 Å². The average molecular weight is 235 g/mol. The molecular weight excluding hydrogens is 213 g/mol. The lowest BCUT2D eigenvalue weighted by Gasteiger charge is -2.23. The number of benzene rings is 1. The number of halogens is 1. The van der Waals surface area contributed by atoms with E-state index in [4.69, 9.17) is 0 Å². The molecule has 2 rings (SSSR count). The van der Waals surface area contributed by atoms with Crippen LogP contribution in [0.3, 0.4) is 0 Å². The van der Waals surface area contributed by atoms with Crippen LogP contribution in [0.2, 0.25) is 0 Å². The summed E-state index contributed by atoms with van der Waals surface area (Å²) in [5.41, 5.74) is 1.14. The highest BCUT2D eigenvalue weighted by Crippen LogP contribution is 2.33. The molecule has 0 spiro atoms. The van der Waals surface area contributed by atoms with Gasteiger partial charge in [-0.1, -0.05) is 37.8 Å². The molecule has 1 N–H and O–H groups in total. The van der Waals surface area contributed by atoms with E-state index in [1.807, 2.05) is 19.2 Å². The van der Waals surface area contributed by atoms with E-state index in [1.165, 1.54) is 31.7 Å². The Morgan fingerprint density at radius 2 is 2.12 bits per heavy atom. The molecule has 0 amide bonds. The summed E-state index contributed by atoms with van der Waals surface area (Å²) in [4.78, 5) is 0. The third kappa shape index (κ3) is 3.53. The molecule has 0 saturated heterocycles. The highest BCUT2D eigenvalue weighted by atomic mass is 19.1. The van der Waals surface area contributed by atoms with E-state index in [9.17, 15) is 4.39 Å². The third-order valence-electron chi connectivity index (χ3n) is 3.92. The summed E-state index contributed by atoms with van der Waals surface area (Å²) >= 11 is 0. The highest BCUT2D eigenvalue weighted by Gasteiger charge is 2.24. The molecule has 1 nitrogen and oxygen atoms in total. The first kappa shape index (κ1) is 12.6. The van der Waals surface area contributed by atoms with Crippen LogP contribution in [0.4, 0.5) is 4.39 Å². The van der Waals surface area contributed by atoms with Gasteiger partial charge in [-0.2, -0.15) is 0 Å². The van der Waals surface area contributed by atoms with Crippen molar-refractivity contribution in [3.63, 3.8) is 0 Å². The number of hydrogen-bond acceptors (Lipinski definition) is 1. The molecule has 2 heteroatoms. The molecule has 94 valence electrons. The Balaban J connectivity index is 2.01. The van der Waals surface area contributed by atoms with E-state index in [2.05, 4.69) is 5.32 Å². The van der Waals surface area contributed by atoms with Crippen molar-refractivity contribution in [2.24, 2.45) is 11.8 Å². The fourth-order valence-electron chi connectivity index (χ4n) is 3.06. The van der Waals surface area contributed by atoms with Crippen molar-refractivity contribution < 1.29 is 4.39 Å². The molecule has 1 aliphatic carbocycles. The summed E-state index contributed by atoms with van der Waals surface area (Å²) in [7, 11) is 2.01. The smallest absolute Gasteiger partial charge is 0.123 e. The van der Waals surface area contributed by atoms with E-state index < -0.39 is 0 Å². The van der Waals surface area contributed by atoms with Crippen molar-refractivity contribution in [1.29, 1.82) is 0 Å². The van der Waals surface area contributed by atoms with Crippen molar-refractivity contribution in [1.82, 2.24) is 5.32 Å². The van der Waals surface area contributed by atoms with E-state index in [-0.39, 0.29) is 5.82 Å². The van der Waals surface area contributed by atoms with Gasteiger partial charge in [-0.25, -0.2) is 4.39 Å². The van der Waals surface area contributed by atoms with Crippen LogP contribution in [-0.2, 0) is 6.42 Å². The Morgan fingerprint density at radius 3 is 2.76 bits per heavy atom. The molecule has 17 heavy (non-hydrogen) atoms. The SMILES string of the molecule is CNCC(Cc1cccc(F)c1)C1CCCC1. The third-order valence-corrected chi connectivity index (χ3v) is 3.92. The van der Waals surface area contributed by atoms with Gasteiger partial charge < -0.3 is 5.32 Å². The van der Waals surface area contributed by atoms with Gasteiger partial charge in [0.15, 0.2) is 0 Å². The first-order valence-corrected chi connectivity index (χ1v) is 6.68. The van der Waals surface area contributed by atoms with Crippen LogP contribution in [0.5, 0.6) is 0 Å². The summed E-state index contributed by atoms with van der Waals surface area (Å²) in [6, 6.07) is 7.06. The molecule has 1 atom stereocenters. The van der Waals surface area contributed by atoms with Gasteiger partial charge in [0, 0.05) is 0 Å². The van der Waals surface area contributed by atoms with E-state index in [1.54, 1.807) is 6.07 Å². The maximum Gasteiger partial charge on any atom is 0.123 e. The summed E-state index contributed by atoms with van der Waals surface area (Å²) in [6.07, 6.45) is 6.44. The lowest BCUT2D eigenvalue weighted by Crippen LogP contribution is -2.26. The lowest BCUT2D eigenvalue weighted by atomic mass is 9.85.